The van der Waals surface area contributed by atoms with Gasteiger partial charge in [-0.25, -0.2) is 4.79 Å². The fourth-order valence-electron chi connectivity index (χ4n) is 8.12. The van der Waals surface area contributed by atoms with Crippen molar-refractivity contribution in [2.24, 2.45) is 23.7 Å². The maximum Gasteiger partial charge on any atom is 0.410 e. The van der Waals surface area contributed by atoms with Gasteiger partial charge in [0.2, 0.25) is 0 Å². The molecule has 0 saturated heterocycles. The number of nitrogens with zero attached hydrogens (tertiary/aromatic N) is 3. The average Bonchev–Trinajstić information content (AvgIpc) is 3.19. The van der Waals surface area contributed by atoms with Crippen LogP contribution in [0.1, 0.15) is 113 Å². The predicted octanol–water partition coefficient (Wildman–Crippen LogP) is 5.24. The van der Waals surface area contributed by atoms with Gasteiger partial charge in [0.15, 0.2) is 5.69 Å². The third kappa shape index (κ3) is 4.48. The van der Waals surface area contributed by atoms with Crippen LogP contribution in [0.25, 0.3) is 0 Å². The van der Waals surface area contributed by atoms with Crippen molar-refractivity contribution in [2.75, 3.05) is 6.54 Å². The fraction of sp³-hybridized carbons (Fsp3) is 0.821. The normalized spacial score (nSPS) is 32.4. The molecule has 0 aromatic carbocycles. The van der Waals surface area contributed by atoms with Gasteiger partial charge in [-0.3, -0.25) is 9.48 Å². The first-order valence-corrected chi connectivity index (χ1v) is 14.1. The topological polar surface area (TPSA) is 76.5 Å². The van der Waals surface area contributed by atoms with Crippen LogP contribution in [0.15, 0.2) is 0 Å². The van der Waals surface area contributed by atoms with E-state index in [0.717, 1.165) is 42.4 Å². The van der Waals surface area contributed by atoms with Gasteiger partial charge in [-0.15, -0.1) is 0 Å². The highest BCUT2D eigenvalue weighted by atomic mass is 16.6. The van der Waals surface area contributed by atoms with E-state index in [1.165, 1.54) is 51.4 Å². The van der Waals surface area contributed by atoms with E-state index in [9.17, 15) is 9.59 Å². The lowest BCUT2D eigenvalue weighted by atomic mass is 9.54. The third-order valence-corrected chi connectivity index (χ3v) is 9.40. The fourth-order valence-corrected chi connectivity index (χ4v) is 8.12. The van der Waals surface area contributed by atoms with Crippen molar-refractivity contribution < 1.29 is 14.3 Å². The minimum atomic E-state index is -0.538. The lowest BCUT2D eigenvalue weighted by Crippen LogP contribution is -2.56. The standard InChI is InChI=1S/C28H42N4O3/c1-28(2,3)35-27(34)31-10-9-23-22(16-31)25(30-32(23)21-7-5-4-6-8-21)26(33)29-24-19-12-17-11-18(14-19)15-20(24)13-17/h17-21,24H,4-16H2,1-3H3,(H,29,33). The number of carbonyl (C=O) groups excluding carboxylic acids is 2. The Hall–Kier alpha value is -2.05. The monoisotopic (exact) mass is 482 g/mol. The number of fused-ring (bicyclic) bond motifs is 1. The Morgan fingerprint density at radius 1 is 0.971 bits per heavy atom. The molecule has 7 heteroatoms. The summed E-state index contributed by atoms with van der Waals surface area (Å²) in [7, 11) is 0. The van der Waals surface area contributed by atoms with Crippen molar-refractivity contribution in [2.45, 2.75) is 116 Å². The minimum absolute atomic E-state index is 0.0284. The quantitative estimate of drug-likeness (QED) is 0.640. The van der Waals surface area contributed by atoms with Gasteiger partial charge < -0.3 is 15.0 Å². The maximum atomic E-state index is 13.8. The smallest absolute Gasteiger partial charge is 0.410 e. The third-order valence-electron chi connectivity index (χ3n) is 9.40. The molecule has 5 fully saturated rings. The second kappa shape index (κ2) is 8.81. The van der Waals surface area contributed by atoms with E-state index in [0.29, 0.717) is 36.7 Å². The van der Waals surface area contributed by atoms with Crippen molar-refractivity contribution in [3.8, 4) is 0 Å². The van der Waals surface area contributed by atoms with Gasteiger partial charge in [-0.1, -0.05) is 19.3 Å². The number of amides is 2. The van der Waals surface area contributed by atoms with Crippen molar-refractivity contribution in [3.05, 3.63) is 17.0 Å². The number of rotatable bonds is 3. The Balaban J connectivity index is 1.26. The molecule has 1 N–H and O–H groups in total. The average molecular weight is 483 g/mol. The van der Waals surface area contributed by atoms with Gasteiger partial charge in [-0.05, 0) is 89.4 Å². The van der Waals surface area contributed by atoms with Crippen LogP contribution in [0.2, 0.25) is 0 Å². The van der Waals surface area contributed by atoms with Crippen LogP contribution < -0.4 is 5.32 Å². The SMILES string of the molecule is CC(C)(C)OC(=O)N1CCc2c(c(C(=O)NC3C4CC5CC(C4)CC3C5)nn2C2CCCCC2)C1. The molecule has 6 aliphatic rings. The summed E-state index contributed by atoms with van der Waals surface area (Å²) in [6, 6.07) is 0.657. The summed E-state index contributed by atoms with van der Waals surface area (Å²) >= 11 is 0. The Morgan fingerprint density at radius 3 is 2.26 bits per heavy atom. The molecule has 5 aliphatic carbocycles. The van der Waals surface area contributed by atoms with Gasteiger partial charge in [0.1, 0.15) is 5.60 Å². The molecular weight excluding hydrogens is 440 g/mol. The van der Waals surface area contributed by atoms with E-state index >= 15 is 0 Å². The van der Waals surface area contributed by atoms with Crippen molar-refractivity contribution in [3.63, 3.8) is 0 Å². The molecule has 7 rings (SSSR count). The van der Waals surface area contributed by atoms with Crippen LogP contribution in [-0.4, -0.2) is 44.9 Å². The zero-order chi connectivity index (χ0) is 24.3. The molecule has 0 radical (unpaired) electrons. The van der Waals surface area contributed by atoms with E-state index < -0.39 is 5.60 Å². The largest absolute Gasteiger partial charge is 0.444 e. The lowest BCUT2D eigenvalue weighted by Gasteiger charge is -2.54. The van der Waals surface area contributed by atoms with Crippen molar-refractivity contribution >= 4 is 12.0 Å². The van der Waals surface area contributed by atoms with Crippen LogP contribution in [-0.2, 0) is 17.7 Å². The molecule has 0 spiro atoms. The zero-order valence-electron chi connectivity index (χ0n) is 21.7. The zero-order valence-corrected chi connectivity index (χ0v) is 21.7. The molecule has 2 heterocycles. The highest BCUT2D eigenvalue weighted by Crippen LogP contribution is 2.53. The Kier molecular flexibility index (Phi) is 5.88. The molecule has 5 saturated carbocycles. The number of hydrogen-bond donors (Lipinski definition) is 1. The summed E-state index contributed by atoms with van der Waals surface area (Å²) in [6.07, 6.45) is 12.9. The molecule has 192 valence electrons. The number of ether oxygens (including phenoxy) is 1. The highest BCUT2D eigenvalue weighted by molar-refractivity contribution is 5.94. The molecule has 1 aliphatic heterocycles. The number of aromatic nitrogens is 2. The molecule has 4 bridgehead atoms. The first-order chi connectivity index (χ1) is 16.7. The van der Waals surface area contributed by atoms with E-state index in [4.69, 9.17) is 9.84 Å². The van der Waals surface area contributed by atoms with Crippen molar-refractivity contribution in [1.29, 1.82) is 0 Å². The summed E-state index contributed by atoms with van der Waals surface area (Å²) < 4.78 is 7.83. The number of nitrogens with one attached hydrogen (secondary N) is 1. The van der Waals surface area contributed by atoms with Crippen LogP contribution in [0.4, 0.5) is 4.79 Å². The first kappa shape index (κ1) is 23.4. The van der Waals surface area contributed by atoms with Crippen LogP contribution >= 0.6 is 0 Å². The lowest BCUT2D eigenvalue weighted by molar-refractivity contribution is -0.0120. The van der Waals surface area contributed by atoms with E-state index in [-0.39, 0.29) is 18.0 Å². The second-order valence-electron chi connectivity index (χ2n) is 13.1. The van der Waals surface area contributed by atoms with Gasteiger partial charge in [0.05, 0.1) is 12.6 Å². The summed E-state index contributed by atoms with van der Waals surface area (Å²) in [4.78, 5) is 28.4. The number of hydrogen-bond acceptors (Lipinski definition) is 4. The van der Waals surface area contributed by atoms with Gasteiger partial charge in [0, 0.05) is 30.3 Å². The molecule has 0 atom stereocenters. The molecule has 1 aromatic heterocycles. The Bertz CT molecular complexity index is 959. The van der Waals surface area contributed by atoms with Gasteiger partial charge in [0.25, 0.3) is 5.91 Å². The van der Waals surface area contributed by atoms with Crippen molar-refractivity contribution in [1.82, 2.24) is 20.0 Å². The van der Waals surface area contributed by atoms with E-state index in [1.807, 2.05) is 20.8 Å². The Labute approximate surface area is 209 Å². The van der Waals surface area contributed by atoms with Gasteiger partial charge >= 0.3 is 6.09 Å². The van der Waals surface area contributed by atoms with Gasteiger partial charge in [-0.2, -0.15) is 5.10 Å². The summed E-state index contributed by atoms with van der Waals surface area (Å²) in [5, 5.41) is 8.47. The Morgan fingerprint density at radius 2 is 1.63 bits per heavy atom. The summed E-state index contributed by atoms with van der Waals surface area (Å²) in [5.41, 5.74) is 2.11. The first-order valence-electron chi connectivity index (χ1n) is 14.1. The molecule has 1 aromatic rings. The van der Waals surface area contributed by atoms with E-state index in [2.05, 4.69) is 10.00 Å². The maximum absolute atomic E-state index is 13.8. The molecule has 35 heavy (non-hydrogen) atoms. The molecule has 7 nitrogen and oxygen atoms in total. The second-order valence-corrected chi connectivity index (χ2v) is 13.1. The summed E-state index contributed by atoms with van der Waals surface area (Å²) in [6.45, 7) is 6.69. The molecule has 2 amide bonds. The summed E-state index contributed by atoms with van der Waals surface area (Å²) in [5.74, 6) is 2.99. The van der Waals surface area contributed by atoms with E-state index in [1.54, 1.807) is 4.90 Å². The van der Waals surface area contributed by atoms with Crippen LogP contribution in [0.5, 0.6) is 0 Å². The molecular formula is C28H42N4O3. The van der Waals surface area contributed by atoms with Crippen LogP contribution in [0.3, 0.4) is 0 Å². The minimum Gasteiger partial charge on any atom is -0.444 e. The van der Waals surface area contributed by atoms with Crippen LogP contribution in [0, 0.1) is 23.7 Å². The highest BCUT2D eigenvalue weighted by Gasteiger charge is 2.49. The predicted molar refractivity (Wildman–Crippen MR) is 133 cm³/mol. The number of carbonyl (C=O) groups is 2. The molecule has 0 unspecified atom stereocenters.